The van der Waals surface area contributed by atoms with Crippen molar-refractivity contribution in [3.63, 3.8) is 0 Å². The second kappa shape index (κ2) is 7.91. The highest BCUT2D eigenvalue weighted by molar-refractivity contribution is 5.75. The van der Waals surface area contributed by atoms with Gasteiger partial charge in [-0.15, -0.1) is 0 Å². The van der Waals surface area contributed by atoms with E-state index in [9.17, 15) is 8.78 Å². The summed E-state index contributed by atoms with van der Waals surface area (Å²) in [6.45, 7) is 2.07. The Hall–Kier alpha value is -3.02. The number of alkyl halides is 2. The van der Waals surface area contributed by atoms with Gasteiger partial charge in [0.1, 0.15) is 11.5 Å². The lowest BCUT2D eigenvalue weighted by Crippen LogP contribution is -1.99. The van der Waals surface area contributed by atoms with Crippen molar-refractivity contribution >= 4 is 0 Å². The van der Waals surface area contributed by atoms with Crippen molar-refractivity contribution in [2.45, 2.75) is 19.8 Å². The highest BCUT2D eigenvalue weighted by Crippen LogP contribution is 2.40. The largest absolute Gasteiger partial charge is 0.495 e. The van der Waals surface area contributed by atoms with Crippen molar-refractivity contribution in [3.8, 4) is 28.5 Å². The van der Waals surface area contributed by atoms with Crippen LogP contribution in [0.4, 0.5) is 8.78 Å². The third-order valence-electron chi connectivity index (χ3n) is 3.97. The number of halogens is 2. The van der Waals surface area contributed by atoms with Crippen LogP contribution in [0.1, 0.15) is 24.5 Å². The molecule has 2 heterocycles. The van der Waals surface area contributed by atoms with Gasteiger partial charge in [-0.1, -0.05) is 19.1 Å². The molecular formula is C20H18F2N2O2. The van der Waals surface area contributed by atoms with Gasteiger partial charge in [-0.2, -0.15) is 0 Å². The number of methoxy groups -OCH3 is 1. The predicted molar refractivity (Wildman–Crippen MR) is 94.9 cm³/mol. The molecular weight excluding hydrogens is 338 g/mol. The lowest BCUT2D eigenvalue weighted by molar-refractivity contribution is 0.146. The predicted octanol–water partition coefficient (Wildman–Crippen LogP) is 5.44. The van der Waals surface area contributed by atoms with Gasteiger partial charge >= 0.3 is 0 Å². The number of rotatable bonds is 6. The molecule has 0 aliphatic carbocycles. The number of ether oxygens (including phenoxy) is 2. The summed E-state index contributed by atoms with van der Waals surface area (Å²) in [4.78, 5) is 8.17. The highest BCUT2D eigenvalue weighted by Gasteiger charge is 2.21. The number of hydrogen-bond donors (Lipinski definition) is 0. The first-order valence-electron chi connectivity index (χ1n) is 8.16. The standard InChI is InChI=1S/C20H18F2N2O2/c1-3-13-6-8-14(9-7-13)26-20-15(5-4-10-24-20)16-11-23-12-17(19(21)22)18(16)25-2/h4-12,19H,3H2,1-2H3. The normalized spacial score (nSPS) is 10.8. The van der Waals surface area contributed by atoms with Crippen LogP contribution in [0, 0.1) is 0 Å². The van der Waals surface area contributed by atoms with Crippen LogP contribution < -0.4 is 9.47 Å². The Morgan fingerprint density at radius 2 is 1.81 bits per heavy atom. The van der Waals surface area contributed by atoms with E-state index in [1.165, 1.54) is 18.9 Å². The number of aromatic nitrogens is 2. The molecule has 0 atom stereocenters. The topological polar surface area (TPSA) is 44.2 Å². The van der Waals surface area contributed by atoms with E-state index in [1.807, 2.05) is 24.3 Å². The minimum atomic E-state index is -2.69. The fourth-order valence-electron chi connectivity index (χ4n) is 2.62. The Kier molecular flexibility index (Phi) is 5.41. The molecule has 2 aromatic heterocycles. The van der Waals surface area contributed by atoms with E-state index in [4.69, 9.17) is 9.47 Å². The maximum atomic E-state index is 13.3. The molecule has 0 spiro atoms. The highest BCUT2D eigenvalue weighted by atomic mass is 19.3. The third-order valence-corrected chi connectivity index (χ3v) is 3.97. The average molecular weight is 356 g/mol. The van der Waals surface area contributed by atoms with Crippen molar-refractivity contribution < 1.29 is 18.3 Å². The van der Waals surface area contributed by atoms with Crippen LogP contribution in [-0.2, 0) is 6.42 Å². The van der Waals surface area contributed by atoms with Crippen molar-refractivity contribution in [2.75, 3.05) is 7.11 Å². The van der Waals surface area contributed by atoms with Gasteiger partial charge in [-0.05, 0) is 36.2 Å². The van der Waals surface area contributed by atoms with Crippen LogP contribution in [0.15, 0.2) is 55.0 Å². The molecule has 0 unspecified atom stereocenters. The molecule has 0 saturated carbocycles. The van der Waals surface area contributed by atoms with Gasteiger partial charge in [0.2, 0.25) is 5.88 Å². The van der Waals surface area contributed by atoms with Crippen molar-refractivity contribution in [1.29, 1.82) is 0 Å². The Bertz CT molecular complexity index is 883. The Morgan fingerprint density at radius 1 is 1.04 bits per heavy atom. The summed E-state index contributed by atoms with van der Waals surface area (Å²) >= 11 is 0. The van der Waals surface area contributed by atoms with Crippen molar-refractivity contribution in [3.05, 3.63) is 66.1 Å². The molecule has 6 heteroatoms. The molecule has 0 fully saturated rings. The van der Waals surface area contributed by atoms with Crippen LogP contribution in [0.2, 0.25) is 0 Å². The lowest BCUT2D eigenvalue weighted by atomic mass is 10.1. The van der Waals surface area contributed by atoms with Crippen molar-refractivity contribution in [1.82, 2.24) is 9.97 Å². The van der Waals surface area contributed by atoms with Gasteiger partial charge in [0.25, 0.3) is 6.43 Å². The van der Waals surface area contributed by atoms with Gasteiger partial charge < -0.3 is 9.47 Å². The molecule has 0 aliphatic rings. The second-order valence-electron chi connectivity index (χ2n) is 5.57. The van der Waals surface area contributed by atoms with E-state index >= 15 is 0 Å². The van der Waals surface area contributed by atoms with E-state index in [-0.39, 0.29) is 11.3 Å². The summed E-state index contributed by atoms with van der Waals surface area (Å²) in [5, 5.41) is 0. The maximum Gasteiger partial charge on any atom is 0.268 e. The van der Waals surface area contributed by atoms with Crippen LogP contribution in [0.25, 0.3) is 11.1 Å². The molecule has 0 aliphatic heterocycles. The van der Waals surface area contributed by atoms with Crippen LogP contribution >= 0.6 is 0 Å². The first-order valence-corrected chi connectivity index (χ1v) is 8.16. The molecule has 134 valence electrons. The monoisotopic (exact) mass is 356 g/mol. The number of aryl methyl sites for hydroxylation is 1. The summed E-state index contributed by atoms with van der Waals surface area (Å²) in [6.07, 6.45) is 2.39. The quantitative estimate of drug-likeness (QED) is 0.589. The molecule has 4 nitrogen and oxygen atoms in total. The zero-order chi connectivity index (χ0) is 18.5. The number of hydrogen-bond acceptors (Lipinski definition) is 4. The summed E-state index contributed by atoms with van der Waals surface area (Å²) in [5.41, 5.74) is 1.85. The molecule has 1 aromatic carbocycles. The number of pyridine rings is 2. The van der Waals surface area contributed by atoms with E-state index in [2.05, 4.69) is 16.9 Å². The van der Waals surface area contributed by atoms with Gasteiger partial charge in [-0.25, -0.2) is 13.8 Å². The van der Waals surface area contributed by atoms with Crippen LogP contribution in [0.5, 0.6) is 17.4 Å². The second-order valence-corrected chi connectivity index (χ2v) is 5.57. The summed E-state index contributed by atoms with van der Waals surface area (Å²) in [6, 6.07) is 11.1. The van der Waals surface area contributed by atoms with E-state index in [0.717, 1.165) is 12.6 Å². The van der Waals surface area contributed by atoms with E-state index < -0.39 is 6.43 Å². The van der Waals surface area contributed by atoms with Crippen LogP contribution in [0.3, 0.4) is 0 Å². The van der Waals surface area contributed by atoms with E-state index in [1.54, 1.807) is 18.3 Å². The van der Waals surface area contributed by atoms with Crippen LogP contribution in [-0.4, -0.2) is 17.1 Å². The van der Waals surface area contributed by atoms with Gasteiger partial charge in [0.15, 0.2) is 0 Å². The van der Waals surface area contributed by atoms with Gasteiger partial charge in [-0.3, -0.25) is 4.98 Å². The SMILES string of the molecule is CCc1ccc(Oc2ncccc2-c2cncc(C(F)F)c2OC)cc1. The fraction of sp³-hybridized carbons (Fsp3) is 0.200. The zero-order valence-corrected chi connectivity index (χ0v) is 14.4. The summed E-state index contributed by atoms with van der Waals surface area (Å²) < 4.78 is 37.6. The Labute approximate surface area is 150 Å². The number of nitrogens with zero attached hydrogens (tertiary/aromatic N) is 2. The Balaban J connectivity index is 2.03. The molecule has 0 radical (unpaired) electrons. The third kappa shape index (κ3) is 3.64. The fourth-order valence-corrected chi connectivity index (χ4v) is 2.62. The first-order chi connectivity index (χ1) is 12.6. The summed E-state index contributed by atoms with van der Waals surface area (Å²) in [7, 11) is 1.35. The summed E-state index contributed by atoms with van der Waals surface area (Å²) in [5.74, 6) is 0.969. The minimum Gasteiger partial charge on any atom is -0.495 e. The molecule has 26 heavy (non-hydrogen) atoms. The molecule has 0 amide bonds. The lowest BCUT2D eigenvalue weighted by Gasteiger charge is -2.15. The Morgan fingerprint density at radius 3 is 2.46 bits per heavy atom. The smallest absolute Gasteiger partial charge is 0.268 e. The zero-order valence-electron chi connectivity index (χ0n) is 14.4. The van der Waals surface area contributed by atoms with Gasteiger partial charge in [0.05, 0.1) is 12.7 Å². The molecule has 0 saturated heterocycles. The molecule has 3 rings (SSSR count). The number of benzene rings is 1. The van der Waals surface area contributed by atoms with Crippen molar-refractivity contribution in [2.24, 2.45) is 0 Å². The maximum absolute atomic E-state index is 13.3. The molecule has 0 N–H and O–H groups in total. The first kappa shape index (κ1) is 17.8. The molecule has 0 bridgehead atoms. The average Bonchev–Trinajstić information content (AvgIpc) is 2.68. The van der Waals surface area contributed by atoms with Gasteiger partial charge in [0, 0.05) is 29.7 Å². The van der Waals surface area contributed by atoms with E-state index in [0.29, 0.717) is 22.8 Å². The molecule has 3 aromatic rings. The minimum absolute atomic E-state index is 0.0641.